The molecule has 2 aliphatic rings. The molecule has 3 rings (SSSR count). The molecule has 19 heavy (non-hydrogen) atoms. The van der Waals surface area contributed by atoms with Gasteiger partial charge in [-0.25, -0.2) is 0 Å². The highest BCUT2D eigenvalue weighted by atomic mass is 16.2. The predicted molar refractivity (Wildman–Crippen MR) is 66.9 cm³/mol. The standard InChI is InChI=1S/C13H13N3O3/c14-9-3-1-2-7-8(9)6-16(13(7)19)10-4-5-11(17)15-12(10)18/h1-3,10H,4-6,14H2,(H,15,17,18)/i4D2,5D2. The SMILES string of the molecule is [2H]C1([2H])C(=O)NC(=O)C(N2Cc3c(N)cccc3C2=O)C1([2H])[2H]. The van der Waals surface area contributed by atoms with Gasteiger partial charge in [-0.05, 0) is 18.5 Å². The first-order valence-electron chi connectivity index (χ1n) is 7.62. The fraction of sp³-hybridized carbons (Fsp3) is 0.308. The van der Waals surface area contributed by atoms with E-state index in [0.717, 1.165) is 4.90 Å². The normalized spacial score (nSPS) is 30.8. The zero-order valence-corrected chi connectivity index (χ0v) is 9.77. The monoisotopic (exact) mass is 263 g/mol. The van der Waals surface area contributed by atoms with Crippen LogP contribution < -0.4 is 11.1 Å². The number of amides is 3. The van der Waals surface area contributed by atoms with E-state index in [1.807, 2.05) is 0 Å². The van der Waals surface area contributed by atoms with Gasteiger partial charge < -0.3 is 10.6 Å². The molecule has 1 unspecified atom stereocenters. The Kier molecular flexibility index (Phi) is 1.70. The highest BCUT2D eigenvalue weighted by Gasteiger charge is 2.39. The Labute approximate surface area is 115 Å². The van der Waals surface area contributed by atoms with Crippen LogP contribution in [0.25, 0.3) is 0 Å². The van der Waals surface area contributed by atoms with E-state index in [1.165, 1.54) is 6.07 Å². The van der Waals surface area contributed by atoms with Gasteiger partial charge in [-0.15, -0.1) is 0 Å². The van der Waals surface area contributed by atoms with Gasteiger partial charge in [-0.3, -0.25) is 19.7 Å². The van der Waals surface area contributed by atoms with Crippen LogP contribution in [0.1, 0.15) is 34.2 Å². The average molecular weight is 263 g/mol. The Balaban J connectivity index is 2.06. The number of rotatable bonds is 1. The lowest BCUT2D eigenvalue weighted by Crippen LogP contribution is -2.52. The molecule has 1 atom stereocenters. The van der Waals surface area contributed by atoms with Crippen molar-refractivity contribution in [2.75, 3.05) is 5.73 Å². The molecule has 6 heteroatoms. The number of hydrogen-bond acceptors (Lipinski definition) is 4. The third kappa shape index (κ3) is 1.76. The van der Waals surface area contributed by atoms with Crippen LogP contribution in [0.4, 0.5) is 5.69 Å². The minimum Gasteiger partial charge on any atom is -0.398 e. The van der Waals surface area contributed by atoms with E-state index >= 15 is 0 Å². The second-order valence-electron chi connectivity index (χ2n) is 4.30. The number of nitrogens with one attached hydrogen (secondary N) is 1. The van der Waals surface area contributed by atoms with Crippen molar-refractivity contribution in [2.24, 2.45) is 0 Å². The van der Waals surface area contributed by atoms with E-state index in [-0.39, 0.29) is 12.1 Å². The van der Waals surface area contributed by atoms with E-state index in [9.17, 15) is 14.4 Å². The highest BCUT2D eigenvalue weighted by Crippen LogP contribution is 2.30. The van der Waals surface area contributed by atoms with Crippen molar-refractivity contribution >= 4 is 23.4 Å². The summed E-state index contributed by atoms with van der Waals surface area (Å²) in [5.74, 6) is -3.02. The summed E-state index contributed by atoms with van der Waals surface area (Å²) < 4.78 is 31.2. The number of benzene rings is 1. The Morgan fingerprint density at radius 1 is 1.37 bits per heavy atom. The molecular weight excluding hydrogens is 246 g/mol. The smallest absolute Gasteiger partial charge is 0.255 e. The second-order valence-corrected chi connectivity index (χ2v) is 4.30. The molecule has 0 bridgehead atoms. The maximum Gasteiger partial charge on any atom is 0.255 e. The number of fused-ring (bicyclic) bond motifs is 1. The molecule has 0 saturated carbocycles. The number of nitrogens with zero attached hydrogens (tertiary/aromatic N) is 1. The van der Waals surface area contributed by atoms with Crippen molar-refractivity contribution in [1.29, 1.82) is 0 Å². The van der Waals surface area contributed by atoms with Crippen molar-refractivity contribution in [3.8, 4) is 0 Å². The fourth-order valence-electron chi connectivity index (χ4n) is 2.22. The number of carbonyl (C=O) groups excluding carboxylic acids is 3. The quantitative estimate of drug-likeness (QED) is 0.552. The molecule has 0 aromatic heterocycles. The molecular formula is C13H13N3O3. The Morgan fingerprint density at radius 3 is 2.89 bits per heavy atom. The van der Waals surface area contributed by atoms with E-state index in [2.05, 4.69) is 0 Å². The van der Waals surface area contributed by atoms with E-state index in [1.54, 1.807) is 17.4 Å². The molecule has 3 amide bonds. The first-order chi connectivity index (χ1) is 10.6. The lowest BCUT2D eigenvalue weighted by Gasteiger charge is -2.29. The van der Waals surface area contributed by atoms with Gasteiger partial charge in [0.1, 0.15) is 6.04 Å². The summed E-state index contributed by atoms with van der Waals surface area (Å²) in [5, 5.41) is 1.80. The van der Waals surface area contributed by atoms with Crippen LogP contribution in [0, 0.1) is 0 Å². The van der Waals surface area contributed by atoms with Crippen molar-refractivity contribution in [2.45, 2.75) is 25.3 Å². The summed E-state index contributed by atoms with van der Waals surface area (Å²) in [4.78, 5) is 37.1. The summed E-state index contributed by atoms with van der Waals surface area (Å²) in [6, 6.07) is 2.88. The number of hydrogen-bond donors (Lipinski definition) is 2. The van der Waals surface area contributed by atoms with Gasteiger partial charge >= 0.3 is 0 Å². The largest absolute Gasteiger partial charge is 0.398 e. The molecule has 6 nitrogen and oxygen atoms in total. The summed E-state index contributed by atoms with van der Waals surface area (Å²) in [6.45, 7) is -0.122. The molecule has 2 aliphatic heterocycles. The fourth-order valence-corrected chi connectivity index (χ4v) is 2.22. The first-order valence-corrected chi connectivity index (χ1v) is 5.62. The minimum absolute atomic E-state index is 0.122. The average Bonchev–Trinajstić information content (AvgIpc) is 2.76. The summed E-state index contributed by atoms with van der Waals surface area (Å²) in [5.41, 5.74) is 6.83. The zero-order valence-electron chi connectivity index (χ0n) is 13.8. The number of imide groups is 1. The topological polar surface area (TPSA) is 92.5 Å². The molecule has 0 aliphatic carbocycles. The van der Waals surface area contributed by atoms with Crippen molar-refractivity contribution in [3.05, 3.63) is 29.3 Å². The Bertz CT molecular complexity index is 750. The van der Waals surface area contributed by atoms with Crippen LogP contribution in [0.15, 0.2) is 18.2 Å². The third-order valence-corrected chi connectivity index (χ3v) is 3.15. The molecule has 98 valence electrons. The molecule has 1 aromatic carbocycles. The molecule has 1 fully saturated rings. The maximum atomic E-state index is 12.5. The second kappa shape index (κ2) is 4.08. The van der Waals surface area contributed by atoms with Gasteiger partial charge in [0.25, 0.3) is 5.91 Å². The summed E-state index contributed by atoms with van der Waals surface area (Å²) >= 11 is 0. The van der Waals surface area contributed by atoms with Crippen LogP contribution in [0.5, 0.6) is 0 Å². The van der Waals surface area contributed by atoms with Crippen LogP contribution in [-0.4, -0.2) is 28.7 Å². The third-order valence-electron chi connectivity index (χ3n) is 3.15. The molecule has 2 heterocycles. The minimum atomic E-state index is -2.95. The molecule has 0 spiro atoms. The van der Waals surface area contributed by atoms with E-state index in [4.69, 9.17) is 11.2 Å². The Hall–Kier alpha value is -2.37. The van der Waals surface area contributed by atoms with Crippen LogP contribution in [0.3, 0.4) is 0 Å². The lowest BCUT2D eigenvalue weighted by atomic mass is 10.0. The molecule has 1 aromatic rings. The number of nitrogen functional groups attached to an aromatic ring is 1. The number of carbonyl (C=O) groups is 3. The predicted octanol–water partition coefficient (Wildman–Crippen LogP) is 0.0298. The number of piperidine rings is 1. The van der Waals surface area contributed by atoms with E-state index < -0.39 is 36.5 Å². The van der Waals surface area contributed by atoms with Gasteiger partial charge in [0.15, 0.2) is 0 Å². The van der Waals surface area contributed by atoms with E-state index in [0.29, 0.717) is 11.3 Å². The highest BCUT2D eigenvalue weighted by molar-refractivity contribution is 6.06. The Morgan fingerprint density at radius 2 is 2.16 bits per heavy atom. The molecule has 1 saturated heterocycles. The van der Waals surface area contributed by atoms with Crippen LogP contribution in [0.2, 0.25) is 0 Å². The number of anilines is 1. The van der Waals surface area contributed by atoms with Crippen molar-refractivity contribution in [3.63, 3.8) is 0 Å². The first kappa shape index (κ1) is 7.93. The summed E-state index contributed by atoms with van der Waals surface area (Å²) in [6.07, 6.45) is -5.83. The lowest BCUT2D eigenvalue weighted by molar-refractivity contribution is -0.136. The van der Waals surface area contributed by atoms with Gasteiger partial charge in [0.05, 0.1) is 0 Å². The van der Waals surface area contributed by atoms with Gasteiger partial charge in [0, 0.05) is 35.2 Å². The van der Waals surface area contributed by atoms with Crippen molar-refractivity contribution in [1.82, 2.24) is 10.2 Å². The molecule has 0 radical (unpaired) electrons. The summed E-state index contributed by atoms with van der Waals surface area (Å²) in [7, 11) is 0. The van der Waals surface area contributed by atoms with Crippen molar-refractivity contribution < 1.29 is 19.9 Å². The van der Waals surface area contributed by atoms with Crippen LogP contribution >= 0.6 is 0 Å². The zero-order chi connectivity index (χ0) is 17.2. The maximum absolute atomic E-state index is 12.5. The number of nitrogens with two attached hydrogens (primary N) is 1. The van der Waals surface area contributed by atoms with Gasteiger partial charge in [-0.1, -0.05) is 6.07 Å². The van der Waals surface area contributed by atoms with Gasteiger partial charge in [0.2, 0.25) is 11.8 Å². The van der Waals surface area contributed by atoms with Crippen LogP contribution in [-0.2, 0) is 16.1 Å². The molecule has 3 N–H and O–H groups in total. The van der Waals surface area contributed by atoms with Gasteiger partial charge in [-0.2, -0.15) is 0 Å².